The summed E-state index contributed by atoms with van der Waals surface area (Å²) in [6.07, 6.45) is 8.00. The van der Waals surface area contributed by atoms with Gasteiger partial charge in [0.1, 0.15) is 33.9 Å². The van der Waals surface area contributed by atoms with Crippen LogP contribution in [-0.4, -0.2) is 68.8 Å². The van der Waals surface area contributed by atoms with E-state index in [0.29, 0.717) is 60.1 Å². The summed E-state index contributed by atoms with van der Waals surface area (Å²) in [7, 11) is 3.43. The number of halogens is 3. The van der Waals surface area contributed by atoms with E-state index in [4.69, 9.17) is 44.1 Å². The molecule has 1 amide bonds. The summed E-state index contributed by atoms with van der Waals surface area (Å²) in [6.45, 7) is 7.46. The highest BCUT2D eigenvalue weighted by atomic mass is 35.5. The number of ether oxygens (including phenoxy) is 1. The first-order chi connectivity index (χ1) is 22.3. The number of amides is 1. The van der Waals surface area contributed by atoms with Gasteiger partial charge in [-0.2, -0.15) is 5.10 Å². The van der Waals surface area contributed by atoms with E-state index in [9.17, 15) is 15.1 Å². The fraction of sp³-hybridized carbons (Fsp3) is 0.515. The molecule has 2 fully saturated rings. The van der Waals surface area contributed by atoms with Crippen molar-refractivity contribution in [1.82, 2.24) is 19.8 Å². The van der Waals surface area contributed by atoms with Gasteiger partial charge in [-0.3, -0.25) is 10.0 Å². The van der Waals surface area contributed by atoms with Gasteiger partial charge in [0.2, 0.25) is 12.4 Å². The zero-order chi connectivity index (χ0) is 33.8. The van der Waals surface area contributed by atoms with Crippen molar-refractivity contribution in [3.05, 3.63) is 68.0 Å². The Bertz CT molecular complexity index is 1730. The molecule has 1 saturated carbocycles. The van der Waals surface area contributed by atoms with Gasteiger partial charge in [0, 0.05) is 61.4 Å². The number of carbonyl (C=O) groups excluding carboxylic acids is 1. The number of nitrogens with zero attached hydrogens (tertiary/aromatic N) is 6. The van der Waals surface area contributed by atoms with Gasteiger partial charge in [0.05, 0.1) is 22.5 Å². The van der Waals surface area contributed by atoms with Crippen LogP contribution in [0, 0.1) is 5.92 Å². The SMILES string of the molecule is CC1CC(OCc2c(-c3c(Cl)c[n+](O)cc3Cl)noc2C2CC2)=CC(Cl)=C1C1(O)CCN(c2cc(C(=O)N(C)C)nn2C(C)C)CC1. The molecule has 14 heteroatoms. The lowest BCUT2D eigenvalue weighted by atomic mass is 9.75. The number of hydrogen-bond donors (Lipinski definition) is 2. The molecule has 11 nitrogen and oxygen atoms in total. The van der Waals surface area contributed by atoms with Crippen LogP contribution in [0.3, 0.4) is 0 Å². The molecule has 0 spiro atoms. The number of aromatic nitrogens is 4. The van der Waals surface area contributed by atoms with Gasteiger partial charge >= 0.3 is 0 Å². The molecule has 0 radical (unpaired) electrons. The Kier molecular flexibility index (Phi) is 9.30. The minimum atomic E-state index is -1.08. The molecule has 2 aliphatic carbocycles. The van der Waals surface area contributed by atoms with Gasteiger partial charge < -0.3 is 24.2 Å². The molecule has 1 aliphatic heterocycles. The molecule has 2 N–H and O–H groups in total. The quantitative estimate of drug-likeness (QED) is 0.191. The first kappa shape index (κ1) is 33.6. The van der Waals surface area contributed by atoms with Gasteiger partial charge in [0.25, 0.3) is 5.91 Å². The number of carbonyl (C=O) groups is 1. The van der Waals surface area contributed by atoms with E-state index in [-0.39, 0.29) is 40.4 Å². The molecule has 1 saturated heterocycles. The van der Waals surface area contributed by atoms with Crippen molar-refractivity contribution in [2.45, 2.75) is 77.0 Å². The third-order valence-corrected chi connectivity index (χ3v) is 10.1. The Morgan fingerprint density at radius 3 is 2.43 bits per heavy atom. The maximum absolute atomic E-state index is 12.6. The van der Waals surface area contributed by atoms with Crippen LogP contribution in [0.2, 0.25) is 10.0 Å². The van der Waals surface area contributed by atoms with E-state index in [2.05, 4.69) is 22.1 Å². The highest BCUT2D eigenvalue weighted by Crippen LogP contribution is 2.47. The zero-order valence-corrected chi connectivity index (χ0v) is 29.4. The van der Waals surface area contributed by atoms with Crippen molar-refractivity contribution in [3.8, 4) is 11.3 Å². The summed E-state index contributed by atoms with van der Waals surface area (Å²) < 4.78 is 14.8. The van der Waals surface area contributed by atoms with Crippen LogP contribution in [0.25, 0.3) is 11.3 Å². The van der Waals surface area contributed by atoms with Gasteiger partial charge in [-0.1, -0.05) is 46.9 Å². The van der Waals surface area contributed by atoms with E-state index in [1.54, 1.807) is 20.2 Å². The maximum atomic E-state index is 12.6. The molecule has 1 atom stereocenters. The Hall–Kier alpha value is -3.25. The Balaban J connectivity index is 1.20. The Morgan fingerprint density at radius 2 is 1.85 bits per heavy atom. The molecule has 3 aromatic heterocycles. The normalized spacial score (nSPS) is 19.7. The van der Waals surface area contributed by atoms with Crippen LogP contribution in [0.15, 0.2) is 45.4 Å². The smallest absolute Gasteiger partial charge is 0.273 e. The molecule has 6 rings (SSSR count). The molecule has 1 unspecified atom stereocenters. The Morgan fingerprint density at radius 1 is 1.19 bits per heavy atom. The fourth-order valence-corrected chi connectivity index (χ4v) is 7.75. The van der Waals surface area contributed by atoms with Gasteiger partial charge in [-0.15, -0.1) is 0 Å². The molecule has 252 valence electrons. The van der Waals surface area contributed by atoms with Crippen molar-refractivity contribution in [3.63, 3.8) is 0 Å². The zero-order valence-electron chi connectivity index (χ0n) is 27.1. The van der Waals surface area contributed by atoms with Gasteiger partial charge in [0.15, 0.2) is 5.69 Å². The van der Waals surface area contributed by atoms with Crippen LogP contribution < -0.4 is 9.63 Å². The van der Waals surface area contributed by atoms with Crippen LogP contribution >= 0.6 is 34.8 Å². The van der Waals surface area contributed by atoms with Crippen LogP contribution in [-0.2, 0) is 11.3 Å². The van der Waals surface area contributed by atoms with Crippen LogP contribution in [0.1, 0.15) is 86.6 Å². The minimum Gasteiger partial charge on any atom is -0.493 e. The fourth-order valence-electron chi connectivity index (χ4n) is 6.64. The van der Waals surface area contributed by atoms with Crippen molar-refractivity contribution < 1.29 is 29.1 Å². The largest absolute Gasteiger partial charge is 0.493 e. The number of pyridine rings is 1. The summed E-state index contributed by atoms with van der Waals surface area (Å²) in [5.74, 6) is 2.36. The molecular formula is C33H40Cl3N6O5+. The number of rotatable bonds is 9. The van der Waals surface area contributed by atoms with E-state index in [1.165, 1.54) is 17.3 Å². The number of anilines is 1. The minimum absolute atomic E-state index is 0.0626. The monoisotopic (exact) mass is 705 g/mol. The second-order valence-electron chi connectivity index (χ2n) is 13.3. The second-order valence-corrected chi connectivity index (χ2v) is 14.5. The molecule has 3 aromatic rings. The Labute approximate surface area is 288 Å². The maximum Gasteiger partial charge on any atom is 0.273 e. The van der Waals surface area contributed by atoms with E-state index >= 15 is 0 Å². The summed E-state index contributed by atoms with van der Waals surface area (Å²) in [5.41, 5.74) is 1.84. The summed E-state index contributed by atoms with van der Waals surface area (Å²) in [4.78, 5) is 16.3. The van der Waals surface area contributed by atoms with E-state index < -0.39 is 5.60 Å². The predicted octanol–water partition coefficient (Wildman–Crippen LogP) is 6.49. The highest BCUT2D eigenvalue weighted by Gasteiger charge is 2.42. The molecular weight excluding hydrogens is 667 g/mol. The molecule has 0 aromatic carbocycles. The average molecular weight is 707 g/mol. The number of aliphatic hydroxyl groups is 1. The first-order valence-corrected chi connectivity index (χ1v) is 17.0. The standard InChI is InChI=1S/C33H40Cl3N6O5/c1-18(2)42-27(14-26(37-42)32(43)39(4)5)40-10-8-33(44,9-11-40)29-19(3)12-21(13-23(29)34)46-17-22-30(38-47-31(22)20-6-7-20)28-24(35)15-41(45)16-25(28)36/h13-16,18-20,44-45H,6-12,17H2,1-5H3/q+1. The van der Waals surface area contributed by atoms with E-state index in [1.807, 2.05) is 24.6 Å². The lowest BCUT2D eigenvalue weighted by Crippen LogP contribution is -2.48. The predicted molar refractivity (Wildman–Crippen MR) is 178 cm³/mol. The lowest BCUT2D eigenvalue weighted by molar-refractivity contribution is -0.904. The number of piperidine rings is 1. The van der Waals surface area contributed by atoms with Crippen LogP contribution in [0.4, 0.5) is 5.82 Å². The summed E-state index contributed by atoms with van der Waals surface area (Å²) >= 11 is 19.8. The first-order valence-electron chi connectivity index (χ1n) is 15.9. The third kappa shape index (κ3) is 6.60. The van der Waals surface area contributed by atoms with Crippen molar-refractivity contribution in [2.75, 3.05) is 32.1 Å². The molecule has 0 bridgehead atoms. The molecule has 4 heterocycles. The van der Waals surface area contributed by atoms with Gasteiger partial charge in [-0.05, 0) is 57.1 Å². The summed E-state index contributed by atoms with van der Waals surface area (Å²) in [5, 5.41) is 31.6. The molecule has 47 heavy (non-hydrogen) atoms. The van der Waals surface area contributed by atoms with Crippen molar-refractivity contribution in [2.24, 2.45) is 5.92 Å². The molecule has 3 aliphatic rings. The average Bonchev–Trinajstić information content (AvgIpc) is 3.60. The van der Waals surface area contributed by atoms with E-state index in [0.717, 1.165) is 40.3 Å². The second kappa shape index (κ2) is 13.0. The van der Waals surface area contributed by atoms with Crippen molar-refractivity contribution >= 4 is 46.5 Å². The summed E-state index contributed by atoms with van der Waals surface area (Å²) in [6, 6.07) is 1.91. The number of hydrogen-bond acceptors (Lipinski definition) is 8. The third-order valence-electron chi connectivity index (χ3n) is 9.17. The van der Waals surface area contributed by atoms with Gasteiger partial charge in [-0.25, -0.2) is 4.68 Å². The lowest BCUT2D eigenvalue weighted by Gasteiger charge is -2.43. The van der Waals surface area contributed by atoms with Crippen molar-refractivity contribution in [1.29, 1.82) is 0 Å². The highest BCUT2D eigenvalue weighted by molar-refractivity contribution is 6.38. The van der Waals surface area contributed by atoms with Crippen LogP contribution in [0.5, 0.6) is 0 Å². The topological polar surface area (TPSA) is 121 Å². The number of allylic oxidation sites excluding steroid dienone is 3.